The molecule has 3 heterocycles. The minimum Gasteiger partial charge on any atom is -1.00 e. The maximum Gasteiger partial charge on any atom is 0.354 e. The van der Waals surface area contributed by atoms with Gasteiger partial charge in [0.25, 0.3) is 0 Å². The number of aliphatic hydroxyl groups is 1. The fraction of sp³-hybridized carbons (Fsp3) is 0.217. The van der Waals surface area contributed by atoms with E-state index in [-0.39, 0.29) is 53.5 Å². The fourth-order valence-electron chi connectivity index (χ4n) is 1.77. The van der Waals surface area contributed by atoms with Crippen LogP contribution in [0.5, 0.6) is 0 Å². The van der Waals surface area contributed by atoms with Crippen molar-refractivity contribution in [2.75, 3.05) is 34.3 Å². The van der Waals surface area contributed by atoms with E-state index in [2.05, 4.69) is 36.1 Å². The summed E-state index contributed by atoms with van der Waals surface area (Å²) in [5.41, 5.74) is 0.243. The smallest absolute Gasteiger partial charge is 0.354 e. The second kappa shape index (κ2) is 20.9. The molecule has 0 spiro atoms. The average Bonchev–Trinajstić information content (AvgIpc) is 2.81. The Morgan fingerprint density at radius 1 is 0.667 bits per heavy atom. The topological polar surface area (TPSA) is 171 Å². The quantitative estimate of drug-likeness (QED) is 0.284. The molecular weight excluding hydrogens is 532 g/mol. The number of halogens is 1. The second-order valence-electron chi connectivity index (χ2n) is 7.30. The van der Waals surface area contributed by atoms with Crippen molar-refractivity contribution in [2.24, 2.45) is 0 Å². The molecule has 0 radical (unpaired) electrons. The van der Waals surface area contributed by atoms with Crippen molar-refractivity contribution in [3.8, 4) is 0 Å². The third-order valence-electron chi connectivity index (χ3n) is 3.42. The summed E-state index contributed by atoms with van der Waals surface area (Å²) in [4.78, 5) is 41.2. The van der Waals surface area contributed by atoms with Crippen LogP contribution in [0.2, 0.25) is 0 Å². The number of aromatic nitrogens is 3. The minimum absolute atomic E-state index is 0. The van der Waals surface area contributed by atoms with Crippen molar-refractivity contribution in [1.29, 1.82) is 0 Å². The molecule has 0 atom stereocenters. The van der Waals surface area contributed by atoms with Gasteiger partial charge in [0.2, 0.25) is 0 Å². The van der Waals surface area contributed by atoms with E-state index in [1.807, 2.05) is 0 Å². The normalized spacial score (nSPS) is 9.00. The maximum absolute atomic E-state index is 10.1. The van der Waals surface area contributed by atoms with Gasteiger partial charge in [-0.3, -0.25) is 0 Å². The summed E-state index contributed by atoms with van der Waals surface area (Å²) in [6.45, 7) is 1.11. The van der Waals surface area contributed by atoms with Crippen LogP contribution in [0, 0.1) is 0 Å². The van der Waals surface area contributed by atoms with Crippen LogP contribution in [0.15, 0.2) is 73.2 Å². The summed E-state index contributed by atoms with van der Waals surface area (Å²) in [6, 6.07) is 14.3. The van der Waals surface area contributed by atoms with Crippen LogP contribution in [0.25, 0.3) is 0 Å². The second-order valence-corrected chi connectivity index (χ2v) is 7.30. The molecule has 4 N–H and O–H groups in total. The molecule has 0 aromatic carbocycles. The summed E-state index contributed by atoms with van der Waals surface area (Å²) in [5, 5.41) is 33.4. The third-order valence-corrected chi connectivity index (χ3v) is 3.42. The van der Waals surface area contributed by atoms with E-state index < -0.39 is 17.9 Å². The van der Waals surface area contributed by atoms with Crippen molar-refractivity contribution in [3.63, 3.8) is 0 Å². The summed E-state index contributed by atoms with van der Waals surface area (Å²) in [7, 11) is 6.16. The molecule has 196 valence electrons. The number of quaternary nitrogens is 1. The predicted octanol–water partition coefficient (Wildman–Crippen LogP) is -0.974. The monoisotopic (exact) mass is 560 g/mol. The van der Waals surface area contributed by atoms with E-state index in [9.17, 15) is 14.4 Å². The number of rotatable bonds is 5. The SMILES string of the molecule is C[N+](C)(C)CCO.O=C(O)c1ccccn1.O=C(O)c1ccccn1.O=C(O)c1ccccn1.[Cl-].[Cr]. The Hall–Kier alpha value is -3.40. The van der Waals surface area contributed by atoms with Crippen molar-refractivity contribution in [3.05, 3.63) is 90.3 Å². The molecule has 0 aliphatic rings. The van der Waals surface area contributed by atoms with E-state index in [0.717, 1.165) is 11.0 Å². The van der Waals surface area contributed by atoms with Gasteiger partial charge in [-0.1, -0.05) is 18.2 Å². The molecule has 0 bridgehead atoms. The molecule has 0 aliphatic carbocycles. The van der Waals surface area contributed by atoms with Gasteiger partial charge in [0.15, 0.2) is 0 Å². The summed E-state index contributed by atoms with van der Waals surface area (Å²) in [5.74, 6) is -2.97. The predicted molar refractivity (Wildman–Crippen MR) is 124 cm³/mol. The summed E-state index contributed by atoms with van der Waals surface area (Å²) < 4.78 is 0.844. The molecule has 0 aliphatic heterocycles. The third kappa shape index (κ3) is 20.0. The van der Waals surface area contributed by atoms with E-state index in [1.165, 1.54) is 36.8 Å². The standard InChI is InChI=1S/3C6H5NO2.C5H14NO.ClH.Cr/c3*8-6(9)5-3-1-2-4-7-5;1-6(2,3)4-5-7;;/h3*1-4H,(H,8,9);7H,4-5H2,1-3H3;1H;/q;;;+1;;/p-1. The van der Waals surface area contributed by atoms with Gasteiger partial charge < -0.3 is 37.3 Å². The van der Waals surface area contributed by atoms with Gasteiger partial charge in [-0.15, -0.1) is 0 Å². The zero-order chi connectivity index (χ0) is 26.0. The maximum atomic E-state index is 10.1. The van der Waals surface area contributed by atoms with E-state index in [1.54, 1.807) is 36.4 Å². The fourth-order valence-corrected chi connectivity index (χ4v) is 1.77. The molecule has 0 amide bonds. The largest absolute Gasteiger partial charge is 1.00 e. The Kier molecular flexibility index (Phi) is 21.6. The Morgan fingerprint density at radius 2 is 0.944 bits per heavy atom. The van der Waals surface area contributed by atoms with Crippen LogP contribution < -0.4 is 12.4 Å². The first-order valence-electron chi connectivity index (χ1n) is 9.82. The van der Waals surface area contributed by atoms with E-state index in [0.29, 0.717) is 0 Å². The first-order valence-corrected chi connectivity index (χ1v) is 9.82. The molecule has 3 aromatic rings. The molecule has 0 saturated heterocycles. The van der Waals surface area contributed by atoms with Crippen LogP contribution in [-0.2, 0) is 17.4 Å². The number of likely N-dealkylation sites (N-methyl/N-ethyl adjacent to an activating group) is 1. The van der Waals surface area contributed by atoms with Gasteiger partial charge in [-0.25, -0.2) is 29.3 Å². The van der Waals surface area contributed by atoms with Gasteiger partial charge >= 0.3 is 17.9 Å². The molecule has 0 unspecified atom stereocenters. The van der Waals surface area contributed by atoms with Crippen LogP contribution in [-0.4, -0.2) is 92.1 Å². The summed E-state index contributed by atoms with van der Waals surface area (Å²) >= 11 is 0. The number of hydrogen-bond acceptors (Lipinski definition) is 7. The van der Waals surface area contributed by atoms with Gasteiger partial charge in [0.1, 0.15) is 23.6 Å². The zero-order valence-electron chi connectivity index (χ0n) is 19.9. The molecule has 0 fully saturated rings. The van der Waals surface area contributed by atoms with Gasteiger partial charge in [0.05, 0.1) is 27.7 Å². The number of carboxylic acids is 3. The summed E-state index contributed by atoms with van der Waals surface area (Å²) in [6.07, 6.45) is 4.34. The Balaban J connectivity index is -0.000000398. The van der Waals surface area contributed by atoms with Gasteiger partial charge in [-0.2, -0.15) is 0 Å². The van der Waals surface area contributed by atoms with Crippen LogP contribution >= 0.6 is 0 Å². The van der Waals surface area contributed by atoms with Crippen molar-refractivity contribution in [2.45, 2.75) is 0 Å². The van der Waals surface area contributed by atoms with Crippen molar-refractivity contribution in [1.82, 2.24) is 15.0 Å². The van der Waals surface area contributed by atoms with Crippen LogP contribution in [0.3, 0.4) is 0 Å². The van der Waals surface area contributed by atoms with Crippen LogP contribution in [0.4, 0.5) is 0 Å². The zero-order valence-corrected chi connectivity index (χ0v) is 22.0. The number of carbonyl (C=O) groups is 3. The minimum atomic E-state index is -0.990. The van der Waals surface area contributed by atoms with Crippen LogP contribution in [0.1, 0.15) is 31.5 Å². The average molecular weight is 561 g/mol. The van der Waals surface area contributed by atoms with Gasteiger partial charge in [-0.05, 0) is 36.4 Å². The van der Waals surface area contributed by atoms with Crippen molar-refractivity contribution < 1.29 is 69.1 Å². The molecule has 3 aromatic heterocycles. The molecule has 3 rings (SSSR count). The number of hydrogen-bond donors (Lipinski definition) is 4. The molecular formula is C23H29ClCrN4O7. The molecule has 0 saturated carbocycles. The number of aliphatic hydroxyl groups excluding tert-OH is 1. The number of carboxylic acid groups (broad SMARTS) is 3. The van der Waals surface area contributed by atoms with E-state index >= 15 is 0 Å². The number of aromatic carboxylic acids is 3. The first kappa shape index (κ1) is 37.2. The molecule has 13 heteroatoms. The number of nitrogens with zero attached hydrogens (tertiary/aromatic N) is 4. The first-order chi connectivity index (χ1) is 16.0. The number of pyridine rings is 3. The Morgan fingerprint density at radius 3 is 1.03 bits per heavy atom. The van der Waals surface area contributed by atoms with E-state index in [4.69, 9.17) is 20.4 Å². The Bertz CT molecular complexity index is 876. The molecule has 36 heavy (non-hydrogen) atoms. The Labute approximate surface area is 226 Å². The van der Waals surface area contributed by atoms with Gasteiger partial charge in [0, 0.05) is 36.0 Å². The van der Waals surface area contributed by atoms with Crippen molar-refractivity contribution >= 4 is 17.9 Å². The molecule has 11 nitrogen and oxygen atoms in total.